The number of Topliss-reactive ketones (excluding diaryl/α,β-unsaturated/α-hetero) is 1. The van der Waals surface area contributed by atoms with E-state index < -0.39 is 11.9 Å². The summed E-state index contributed by atoms with van der Waals surface area (Å²) in [5, 5.41) is 0. The van der Waals surface area contributed by atoms with Crippen molar-refractivity contribution in [1.29, 1.82) is 0 Å². The third kappa shape index (κ3) is 2.99. The highest BCUT2D eigenvalue weighted by atomic mass is 16.5. The highest BCUT2D eigenvalue weighted by molar-refractivity contribution is 6.25. The van der Waals surface area contributed by atoms with Gasteiger partial charge >= 0.3 is 5.97 Å². The summed E-state index contributed by atoms with van der Waals surface area (Å²) in [4.78, 5) is 29.2. The minimum atomic E-state index is -1.15. The molecule has 0 fully saturated rings. The van der Waals surface area contributed by atoms with Crippen molar-refractivity contribution in [3.05, 3.63) is 65.7 Å². The summed E-state index contributed by atoms with van der Waals surface area (Å²) in [5.74, 6) is -2.11. The molecule has 1 aliphatic rings. The molecule has 0 N–H and O–H groups in total. The Bertz CT molecular complexity index is 768. The molecule has 0 saturated heterocycles. The molecule has 0 saturated carbocycles. The smallest absolute Gasteiger partial charge is 0.326 e. The van der Waals surface area contributed by atoms with Crippen LogP contribution in [0.1, 0.15) is 15.9 Å². The first kappa shape index (κ1) is 15.0. The van der Waals surface area contributed by atoms with E-state index >= 15 is 0 Å². The Labute approximate surface area is 133 Å². The standard InChI is InChI=1S/C18H15NO4/c1-22-17-15(16(20)13-9-5-6-10-14(13)19-17)18(21)23-11-12-7-3-2-4-8-12/h2-10,15H,11H2,1H3. The minimum Gasteiger partial charge on any atom is -0.483 e. The summed E-state index contributed by atoms with van der Waals surface area (Å²) in [7, 11) is 1.39. The van der Waals surface area contributed by atoms with Crippen molar-refractivity contribution in [2.45, 2.75) is 6.61 Å². The second-order valence-corrected chi connectivity index (χ2v) is 5.06. The number of hydrogen-bond donors (Lipinski definition) is 0. The number of hydrogen-bond acceptors (Lipinski definition) is 5. The molecular formula is C18H15NO4. The van der Waals surface area contributed by atoms with Crippen LogP contribution in [0.5, 0.6) is 0 Å². The Hall–Kier alpha value is -2.95. The predicted octanol–water partition coefficient (Wildman–Crippen LogP) is 2.92. The van der Waals surface area contributed by atoms with E-state index in [4.69, 9.17) is 9.47 Å². The molecular weight excluding hydrogens is 294 g/mol. The van der Waals surface area contributed by atoms with Crippen LogP contribution in [0.25, 0.3) is 0 Å². The molecule has 0 aromatic heterocycles. The van der Waals surface area contributed by atoms with Crippen molar-refractivity contribution in [3.63, 3.8) is 0 Å². The summed E-state index contributed by atoms with van der Waals surface area (Å²) < 4.78 is 10.4. The molecule has 0 bridgehead atoms. The van der Waals surface area contributed by atoms with Crippen LogP contribution in [-0.4, -0.2) is 24.8 Å². The zero-order valence-electron chi connectivity index (χ0n) is 12.6. The number of para-hydroxylation sites is 1. The van der Waals surface area contributed by atoms with Crippen LogP contribution in [0.15, 0.2) is 59.6 Å². The maximum absolute atomic E-state index is 12.6. The molecule has 5 heteroatoms. The van der Waals surface area contributed by atoms with E-state index in [1.54, 1.807) is 24.3 Å². The molecule has 1 unspecified atom stereocenters. The quantitative estimate of drug-likeness (QED) is 0.646. The number of ketones is 1. The Morgan fingerprint density at radius 2 is 1.78 bits per heavy atom. The van der Waals surface area contributed by atoms with Crippen molar-refractivity contribution in [2.24, 2.45) is 10.9 Å². The fourth-order valence-corrected chi connectivity index (χ4v) is 2.41. The number of esters is 1. The fourth-order valence-electron chi connectivity index (χ4n) is 2.41. The lowest BCUT2D eigenvalue weighted by molar-refractivity contribution is -0.146. The van der Waals surface area contributed by atoms with E-state index in [1.165, 1.54) is 7.11 Å². The maximum Gasteiger partial charge on any atom is 0.326 e. The van der Waals surface area contributed by atoms with Crippen LogP contribution >= 0.6 is 0 Å². The maximum atomic E-state index is 12.6. The number of ether oxygens (including phenoxy) is 2. The molecule has 116 valence electrons. The van der Waals surface area contributed by atoms with Gasteiger partial charge in [0, 0.05) is 5.56 Å². The van der Waals surface area contributed by atoms with E-state index in [2.05, 4.69) is 4.99 Å². The van der Waals surface area contributed by atoms with Gasteiger partial charge in [-0.05, 0) is 17.7 Å². The largest absolute Gasteiger partial charge is 0.483 e. The summed E-state index contributed by atoms with van der Waals surface area (Å²) >= 11 is 0. The topological polar surface area (TPSA) is 65.0 Å². The number of methoxy groups -OCH3 is 1. The molecule has 2 aromatic carbocycles. The van der Waals surface area contributed by atoms with Crippen molar-refractivity contribution in [1.82, 2.24) is 0 Å². The van der Waals surface area contributed by atoms with Crippen LogP contribution < -0.4 is 0 Å². The third-order valence-corrected chi connectivity index (χ3v) is 3.58. The van der Waals surface area contributed by atoms with Gasteiger partial charge in [-0.3, -0.25) is 9.59 Å². The lowest BCUT2D eigenvalue weighted by Gasteiger charge is -2.21. The zero-order chi connectivity index (χ0) is 16.2. The number of carbonyl (C=O) groups excluding carboxylic acids is 2. The van der Waals surface area contributed by atoms with Gasteiger partial charge in [0.15, 0.2) is 11.7 Å². The van der Waals surface area contributed by atoms with E-state index in [0.29, 0.717) is 11.3 Å². The normalized spacial score (nSPS) is 16.3. The first-order valence-electron chi connectivity index (χ1n) is 7.17. The number of aliphatic imine (C=N–C) groups is 1. The molecule has 1 aliphatic heterocycles. The van der Waals surface area contributed by atoms with Crippen LogP contribution in [0.4, 0.5) is 5.69 Å². The summed E-state index contributed by atoms with van der Waals surface area (Å²) in [5.41, 5.74) is 1.75. The second kappa shape index (κ2) is 6.44. The van der Waals surface area contributed by atoms with Gasteiger partial charge in [0.05, 0.1) is 12.8 Å². The molecule has 1 heterocycles. The van der Waals surface area contributed by atoms with Crippen molar-refractivity contribution in [3.8, 4) is 0 Å². The number of benzene rings is 2. The fraction of sp³-hybridized carbons (Fsp3) is 0.167. The molecule has 1 atom stereocenters. The van der Waals surface area contributed by atoms with E-state index in [-0.39, 0.29) is 18.3 Å². The van der Waals surface area contributed by atoms with E-state index in [1.807, 2.05) is 30.3 Å². The molecule has 3 rings (SSSR count). The first-order valence-corrected chi connectivity index (χ1v) is 7.17. The molecule has 2 aromatic rings. The Balaban J connectivity index is 1.81. The SMILES string of the molecule is COC1=Nc2ccccc2C(=O)C1C(=O)OCc1ccccc1. The summed E-state index contributed by atoms with van der Waals surface area (Å²) in [6, 6.07) is 16.1. The highest BCUT2D eigenvalue weighted by Crippen LogP contribution is 2.29. The zero-order valence-corrected chi connectivity index (χ0v) is 12.6. The van der Waals surface area contributed by atoms with Crippen LogP contribution in [-0.2, 0) is 20.9 Å². The molecule has 0 amide bonds. The van der Waals surface area contributed by atoms with Crippen molar-refractivity contribution < 1.29 is 19.1 Å². The summed E-state index contributed by atoms with van der Waals surface area (Å²) in [6.07, 6.45) is 0. The van der Waals surface area contributed by atoms with Crippen molar-refractivity contribution >= 4 is 23.3 Å². The predicted molar refractivity (Wildman–Crippen MR) is 84.6 cm³/mol. The first-order chi connectivity index (χ1) is 11.2. The number of carbonyl (C=O) groups is 2. The van der Waals surface area contributed by atoms with E-state index in [0.717, 1.165) is 5.56 Å². The second-order valence-electron chi connectivity index (χ2n) is 5.06. The monoisotopic (exact) mass is 309 g/mol. The Kier molecular flexibility index (Phi) is 4.19. The van der Waals surface area contributed by atoms with Crippen LogP contribution in [0, 0.1) is 5.92 Å². The molecule has 0 aliphatic carbocycles. The van der Waals surface area contributed by atoms with E-state index in [9.17, 15) is 9.59 Å². The third-order valence-electron chi connectivity index (χ3n) is 3.58. The highest BCUT2D eigenvalue weighted by Gasteiger charge is 2.39. The Morgan fingerprint density at radius 1 is 1.09 bits per heavy atom. The molecule has 23 heavy (non-hydrogen) atoms. The van der Waals surface area contributed by atoms with Gasteiger partial charge in [-0.2, -0.15) is 0 Å². The number of fused-ring (bicyclic) bond motifs is 1. The van der Waals surface area contributed by atoms with Gasteiger partial charge in [0.2, 0.25) is 5.90 Å². The molecule has 0 spiro atoms. The lowest BCUT2D eigenvalue weighted by atomic mass is 9.93. The van der Waals surface area contributed by atoms with Crippen LogP contribution in [0.2, 0.25) is 0 Å². The van der Waals surface area contributed by atoms with Gasteiger partial charge in [0.1, 0.15) is 6.61 Å². The van der Waals surface area contributed by atoms with Crippen molar-refractivity contribution in [2.75, 3.05) is 7.11 Å². The van der Waals surface area contributed by atoms with Gasteiger partial charge in [-0.25, -0.2) is 4.99 Å². The van der Waals surface area contributed by atoms with Crippen LogP contribution in [0.3, 0.4) is 0 Å². The lowest BCUT2D eigenvalue weighted by Crippen LogP contribution is -2.36. The van der Waals surface area contributed by atoms with Gasteiger partial charge in [-0.15, -0.1) is 0 Å². The minimum absolute atomic E-state index is 0.0618. The van der Waals surface area contributed by atoms with Gasteiger partial charge in [-0.1, -0.05) is 42.5 Å². The summed E-state index contributed by atoms with van der Waals surface area (Å²) in [6.45, 7) is 0.0993. The number of nitrogens with zero attached hydrogens (tertiary/aromatic N) is 1. The van der Waals surface area contributed by atoms with Gasteiger partial charge in [0.25, 0.3) is 0 Å². The Morgan fingerprint density at radius 3 is 2.52 bits per heavy atom. The van der Waals surface area contributed by atoms with Gasteiger partial charge < -0.3 is 9.47 Å². The molecule has 5 nitrogen and oxygen atoms in total. The average molecular weight is 309 g/mol. The average Bonchev–Trinajstić information content (AvgIpc) is 2.60. The molecule has 0 radical (unpaired) electrons. The number of rotatable bonds is 3.